The van der Waals surface area contributed by atoms with Crippen LogP contribution in [-0.2, 0) is 0 Å². The molecular weight excluding hydrogens is 365 g/mol. The molecule has 0 N–H and O–H groups in total. The third-order valence-electron chi connectivity index (χ3n) is 3.83. The Labute approximate surface area is 162 Å². The molecule has 6 heteroatoms. The molecular formula is C22H21F3N2O. The molecule has 1 heterocycles. The summed E-state index contributed by atoms with van der Waals surface area (Å²) in [5.74, 6) is -2.08. The smallest absolute Gasteiger partial charge is 0.216 e. The number of aromatic nitrogens is 1. The molecule has 0 saturated heterocycles. The first-order chi connectivity index (χ1) is 13.4. The highest BCUT2D eigenvalue weighted by Crippen LogP contribution is 2.22. The number of hydrogen-bond donors (Lipinski definition) is 0. The van der Waals surface area contributed by atoms with Crippen LogP contribution in [0.1, 0.15) is 25.8 Å². The van der Waals surface area contributed by atoms with Crippen molar-refractivity contribution >= 4 is 11.3 Å². The van der Waals surface area contributed by atoms with E-state index in [1.54, 1.807) is 12.2 Å². The van der Waals surface area contributed by atoms with Gasteiger partial charge >= 0.3 is 0 Å². The minimum Gasteiger partial charge on any atom is -0.471 e. The van der Waals surface area contributed by atoms with Crippen molar-refractivity contribution in [3.05, 3.63) is 90.0 Å². The Morgan fingerprint density at radius 1 is 1.25 bits per heavy atom. The van der Waals surface area contributed by atoms with Gasteiger partial charge in [-0.3, -0.25) is 4.99 Å². The molecule has 0 aliphatic heterocycles. The molecule has 28 heavy (non-hydrogen) atoms. The van der Waals surface area contributed by atoms with Gasteiger partial charge < -0.3 is 4.74 Å². The molecule has 2 aromatic rings. The zero-order chi connectivity index (χ0) is 20.5. The number of allylic oxidation sites excluding steroid dienone is 4. The molecule has 0 radical (unpaired) electrons. The van der Waals surface area contributed by atoms with Crippen molar-refractivity contribution in [3.8, 4) is 5.88 Å². The van der Waals surface area contributed by atoms with Gasteiger partial charge in [0, 0.05) is 30.0 Å². The van der Waals surface area contributed by atoms with Gasteiger partial charge in [-0.15, -0.1) is 0 Å². The second kappa shape index (κ2) is 10.3. The summed E-state index contributed by atoms with van der Waals surface area (Å²) < 4.78 is 46.0. The number of hydrogen-bond acceptors (Lipinski definition) is 3. The van der Waals surface area contributed by atoms with E-state index in [2.05, 4.69) is 16.6 Å². The van der Waals surface area contributed by atoms with Crippen LogP contribution in [0.5, 0.6) is 5.88 Å². The summed E-state index contributed by atoms with van der Waals surface area (Å²) in [6.07, 6.45) is 6.70. The predicted molar refractivity (Wildman–Crippen MR) is 106 cm³/mol. The molecule has 0 aliphatic carbocycles. The Morgan fingerprint density at radius 3 is 2.71 bits per heavy atom. The fourth-order valence-corrected chi connectivity index (χ4v) is 2.37. The van der Waals surface area contributed by atoms with Crippen LogP contribution in [0.25, 0.3) is 5.57 Å². The maximum Gasteiger partial charge on any atom is 0.216 e. The van der Waals surface area contributed by atoms with E-state index in [-0.39, 0.29) is 18.1 Å². The zero-order valence-corrected chi connectivity index (χ0v) is 15.8. The third-order valence-corrected chi connectivity index (χ3v) is 3.83. The second-order valence-corrected chi connectivity index (χ2v) is 5.90. The number of aliphatic imine (C=N–C) groups is 1. The summed E-state index contributed by atoms with van der Waals surface area (Å²) in [4.78, 5) is 8.38. The fourth-order valence-electron chi connectivity index (χ4n) is 2.37. The lowest BCUT2D eigenvalue weighted by Crippen LogP contribution is -2.03. The van der Waals surface area contributed by atoms with Gasteiger partial charge in [0.15, 0.2) is 11.6 Å². The summed E-state index contributed by atoms with van der Waals surface area (Å²) in [6.45, 7) is 7.41. The van der Waals surface area contributed by atoms with E-state index >= 15 is 0 Å². The zero-order valence-electron chi connectivity index (χ0n) is 15.8. The van der Waals surface area contributed by atoms with Crippen LogP contribution in [0.4, 0.5) is 13.2 Å². The average Bonchev–Trinajstić information content (AvgIpc) is 2.68. The SMILES string of the molecule is C=C/C(=C\C/C(C)=N\C(=C/C)COc1cc(F)ccn1)c1cccc(F)c1F. The molecule has 0 amide bonds. The first kappa shape index (κ1) is 21.2. The highest BCUT2D eigenvalue weighted by atomic mass is 19.2. The van der Waals surface area contributed by atoms with Crippen LogP contribution in [0.2, 0.25) is 0 Å². The van der Waals surface area contributed by atoms with Crippen molar-refractivity contribution in [2.24, 2.45) is 4.99 Å². The Kier molecular flexibility index (Phi) is 7.75. The van der Waals surface area contributed by atoms with Crippen LogP contribution in [-0.4, -0.2) is 17.3 Å². The predicted octanol–water partition coefficient (Wildman–Crippen LogP) is 5.90. The molecule has 146 valence electrons. The van der Waals surface area contributed by atoms with Gasteiger partial charge in [0.25, 0.3) is 0 Å². The van der Waals surface area contributed by atoms with E-state index in [1.165, 1.54) is 36.5 Å². The van der Waals surface area contributed by atoms with Crippen LogP contribution in [0.15, 0.2) is 72.0 Å². The molecule has 1 aromatic heterocycles. The van der Waals surface area contributed by atoms with E-state index in [4.69, 9.17) is 4.74 Å². The quantitative estimate of drug-likeness (QED) is 0.418. The summed E-state index contributed by atoms with van der Waals surface area (Å²) in [5.41, 5.74) is 2.00. The summed E-state index contributed by atoms with van der Waals surface area (Å²) in [6, 6.07) is 6.43. The molecule has 3 nitrogen and oxygen atoms in total. The number of rotatable bonds is 8. The van der Waals surface area contributed by atoms with E-state index in [0.29, 0.717) is 17.7 Å². The Morgan fingerprint density at radius 2 is 2.04 bits per heavy atom. The minimum atomic E-state index is -0.909. The standard InChI is InChI=1S/C22H21F3N2O/c1-4-16(19-7-6-8-20(24)22(19)25)10-9-15(3)27-18(5-2)14-28-21-13-17(23)11-12-26-21/h4-8,10-13H,1,9,14H2,2-3H3/b16-10+,18-5-,27-15-. The Hall–Kier alpha value is -3.15. The summed E-state index contributed by atoms with van der Waals surface area (Å²) in [7, 11) is 0. The summed E-state index contributed by atoms with van der Waals surface area (Å²) in [5, 5.41) is 0. The monoisotopic (exact) mass is 386 g/mol. The van der Waals surface area contributed by atoms with E-state index < -0.39 is 17.5 Å². The van der Waals surface area contributed by atoms with E-state index in [1.807, 2.05) is 13.8 Å². The van der Waals surface area contributed by atoms with Gasteiger partial charge in [0.1, 0.15) is 12.4 Å². The number of benzene rings is 1. The lowest BCUT2D eigenvalue weighted by molar-refractivity contribution is 0.334. The fraction of sp³-hybridized carbons (Fsp3) is 0.182. The van der Waals surface area contributed by atoms with Crippen molar-refractivity contribution in [2.45, 2.75) is 20.3 Å². The normalized spacial score (nSPS) is 12.8. The number of pyridine rings is 1. The maximum absolute atomic E-state index is 14.0. The molecule has 2 rings (SSSR count). The van der Waals surface area contributed by atoms with Crippen molar-refractivity contribution in [1.82, 2.24) is 4.98 Å². The highest BCUT2D eigenvalue weighted by molar-refractivity contribution is 5.87. The molecule has 0 spiro atoms. The maximum atomic E-state index is 14.0. The topological polar surface area (TPSA) is 34.5 Å². The van der Waals surface area contributed by atoms with Crippen molar-refractivity contribution in [2.75, 3.05) is 6.61 Å². The average molecular weight is 386 g/mol. The minimum absolute atomic E-state index is 0.126. The number of halogens is 3. The van der Waals surface area contributed by atoms with E-state index in [0.717, 1.165) is 11.8 Å². The van der Waals surface area contributed by atoms with Gasteiger partial charge in [0.05, 0.1) is 5.70 Å². The highest BCUT2D eigenvalue weighted by Gasteiger charge is 2.10. The molecule has 0 bridgehead atoms. The number of ether oxygens (including phenoxy) is 1. The van der Waals surface area contributed by atoms with Gasteiger partial charge in [-0.25, -0.2) is 18.2 Å². The van der Waals surface area contributed by atoms with Gasteiger partial charge in [-0.2, -0.15) is 0 Å². The van der Waals surface area contributed by atoms with E-state index in [9.17, 15) is 13.2 Å². The van der Waals surface area contributed by atoms with Crippen LogP contribution < -0.4 is 4.74 Å². The van der Waals surface area contributed by atoms with Gasteiger partial charge in [-0.05, 0) is 31.6 Å². The molecule has 0 saturated carbocycles. The lowest BCUT2D eigenvalue weighted by atomic mass is 10.0. The second-order valence-electron chi connectivity index (χ2n) is 5.90. The molecule has 0 unspecified atom stereocenters. The van der Waals surface area contributed by atoms with Gasteiger partial charge in [0.2, 0.25) is 5.88 Å². The van der Waals surface area contributed by atoms with Crippen molar-refractivity contribution in [1.29, 1.82) is 0 Å². The molecule has 1 aromatic carbocycles. The Bertz CT molecular complexity index is 933. The molecule has 0 atom stereocenters. The van der Waals surface area contributed by atoms with Gasteiger partial charge in [-0.1, -0.05) is 36.9 Å². The van der Waals surface area contributed by atoms with Crippen LogP contribution >= 0.6 is 0 Å². The Balaban J connectivity index is 2.07. The third kappa shape index (κ3) is 5.94. The first-order valence-corrected chi connectivity index (χ1v) is 8.65. The molecule has 0 aliphatic rings. The van der Waals surface area contributed by atoms with Crippen molar-refractivity contribution in [3.63, 3.8) is 0 Å². The summed E-state index contributed by atoms with van der Waals surface area (Å²) >= 11 is 0. The first-order valence-electron chi connectivity index (χ1n) is 8.65. The lowest BCUT2D eigenvalue weighted by Gasteiger charge is -2.07. The van der Waals surface area contributed by atoms with Crippen molar-refractivity contribution < 1.29 is 17.9 Å². The largest absolute Gasteiger partial charge is 0.471 e. The van der Waals surface area contributed by atoms with Crippen LogP contribution in [0, 0.1) is 17.5 Å². The number of nitrogens with zero attached hydrogens (tertiary/aromatic N) is 2. The molecule has 0 fully saturated rings. The van der Waals surface area contributed by atoms with Crippen LogP contribution in [0.3, 0.4) is 0 Å².